The van der Waals surface area contributed by atoms with Gasteiger partial charge in [-0.05, 0) is 49.6 Å². The van der Waals surface area contributed by atoms with Crippen molar-refractivity contribution in [1.82, 2.24) is 4.90 Å². The fourth-order valence-electron chi connectivity index (χ4n) is 4.28. The number of nitro groups is 1. The Balaban J connectivity index is 1.24. The number of benzene rings is 2. The van der Waals surface area contributed by atoms with E-state index >= 15 is 0 Å². The fourth-order valence-corrected chi connectivity index (χ4v) is 4.28. The van der Waals surface area contributed by atoms with Crippen LogP contribution < -0.4 is 15.1 Å². The molecule has 0 spiro atoms. The van der Waals surface area contributed by atoms with E-state index in [1.807, 2.05) is 18.2 Å². The lowest BCUT2D eigenvalue weighted by Crippen LogP contribution is -2.48. The van der Waals surface area contributed by atoms with Crippen molar-refractivity contribution in [3.05, 3.63) is 58.6 Å². The molecule has 0 radical (unpaired) electrons. The van der Waals surface area contributed by atoms with Crippen molar-refractivity contribution < 1.29 is 9.72 Å². The second-order valence-corrected chi connectivity index (χ2v) is 8.18. The van der Waals surface area contributed by atoms with Crippen LogP contribution in [0.5, 0.6) is 0 Å². The minimum absolute atomic E-state index is 0.0190. The lowest BCUT2D eigenvalue weighted by Gasteiger charge is -2.35. The van der Waals surface area contributed by atoms with Crippen LogP contribution in [0.2, 0.25) is 0 Å². The summed E-state index contributed by atoms with van der Waals surface area (Å²) in [6, 6.07) is 14.8. The smallest absolute Gasteiger partial charge is 0.271 e. The Morgan fingerprint density at radius 1 is 0.871 bits per heavy atom. The summed E-state index contributed by atoms with van der Waals surface area (Å²) in [7, 11) is 0. The Kier molecular flexibility index (Phi) is 6.66. The van der Waals surface area contributed by atoms with E-state index in [0.717, 1.165) is 50.6 Å². The van der Waals surface area contributed by atoms with Gasteiger partial charge in [-0.15, -0.1) is 0 Å². The second kappa shape index (κ2) is 9.78. The molecule has 0 atom stereocenters. The molecule has 8 heteroatoms. The molecule has 1 N–H and O–H groups in total. The van der Waals surface area contributed by atoms with Gasteiger partial charge in [0.15, 0.2) is 0 Å². The third-order valence-electron chi connectivity index (χ3n) is 6.02. The van der Waals surface area contributed by atoms with Gasteiger partial charge in [0.1, 0.15) is 0 Å². The largest absolute Gasteiger partial charge is 0.372 e. The maximum Gasteiger partial charge on any atom is 0.271 e. The van der Waals surface area contributed by atoms with Crippen LogP contribution in [0.1, 0.15) is 19.3 Å². The van der Waals surface area contributed by atoms with Crippen molar-refractivity contribution in [2.24, 2.45) is 0 Å². The van der Waals surface area contributed by atoms with Crippen molar-refractivity contribution >= 4 is 28.7 Å². The number of carbonyl (C=O) groups excluding carboxylic acids is 1. The number of piperidine rings is 1. The number of hydrogen-bond acceptors (Lipinski definition) is 6. The van der Waals surface area contributed by atoms with Gasteiger partial charge in [-0.25, -0.2) is 0 Å². The van der Waals surface area contributed by atoms with Gasteiger partial charge in [0.25, 0.3) is 5.69 Å². The highest BCUT2D eigenvalue weighted by Gasteiger charge is 2.20. The van der Waals surface area contributed by atoms with Crippen LogP contribution in [0.15, 0.2) is 48.5 Å². The lowest BCUT2D eigenvalue weighted by molar-refractivity contribution is -0.384. The normalized spacial score (nSPS) is 17.4. The van der Waals surface area contributed by atoms with Crippen LogP contribution in [-0.2, 0) is 4.79 Å². The summed E-state index contributed by atoms with van der Waals surface area (Å²) < 4.78 is 0. The first-order valence-corrected chi connectivity index (χ1v) is 10.9. The standard InChI is InChI=1S/C23H29N5O3/c29-23(24-19-7-9-20(10-8-19)26-11-2-1-3-12-26)18-25-13-15-27(16-14-25)21-5-4-6-22(17-21)28(30)31/h4-10,17H,1-3,11-16,18H2,(H,24,29). The molecule has 0 unspecified atom stereocenters. The number of nitro benzene ring substituents is 1. The predicted molar refractivity (Wildman–Crippen MR) is 123 cm³/mol. The quantitative estimate of drug-likeness (QED) is 0.567. The predicted octanol–water partition coefficient (Wildman–Crippen LogP) is 3.35. The first-order valence-electron chi connectivity index (χ1n) is 10.9. The van der Waals surface area contributed by atoms with E-state index in [9.17, 15) is 14.9 Å². The van der Waals surface area contributed by atoms with E-state index in [1.54, 1.807) is 12.1 Å². The molecule has 4 rings (SSSR count). The second-order valence-electron chi connectivity index (χ2n) is 8.18. The molecule has 1 amide bonds. The Morgan fingerprint density at radius 3 is 2.23 bits per heavy atom. The minimum atomic E-state index is -0.372. The third kappa shape index (κ3) is 5.52. The first kappa shape index (κ1) is 21.1. The number of anilines is 3. The first-order chi connectivity index (χ1) is 15.1. The molecule has 31 heavy (non-hydrogen) atoms. The average Bonchev–Trinajstić information content (AvgIpc) is 2.81. The van der Waals surface area contributed by atoms with Gasteiger partial charge in [0.05, 0.1) is 11.5 Å². The van der Waals surface area contributed by atoms with E-state index in [1.165, 1.54) is 31.0 Å². The summed E-state index contributed by atoms with van der Waals surface area (Å²) in [6.45, 7) is 5.50. The Bertz CT molecular complexity index is 904. The molecule has 0 bridgehead atoms. The molecule has 2 aliphatic heterocycles. The molecule has 2 heterocycles. The van der Waals surface area contributed by atoms with Gasteiger partial charge in [-0.1, -0.05) is 6.07 Å². The van der Waals surface area contributed by atoms with Gasteiger partial charge in [-0.3, -0.25) is 19.8 Å². The number of nitrogens with zero attached hydrogens (tertiary/aromatic N) is 4. The summed E-state index contributed by atoms with van der Waals surface area (Å²) in [5.41, 5.74) is 2.99. The number of carbonyl (C=O) groups is 1. The average molecular weight is 424 g/mol. The summed E-state index contributed by atoms with van der Waals surface area (Å²) in [6.07, 6.45) is 3.80. The highest BCUT2D eigenvalue weighted by Crippen LogP contribution is 2.23. The van der Waals surface area contributed by atoms with Crippen LogP contribution >= 0.6 is 0 Å². The summed E-state index contributed by atoms with van der Waals surface area (Å²) in [4.78, 5) is 29.7. The van der Waals surface area contributed by atoms with Crippen LogP contribution in [-0.4, -0.2) is 61.5 Å². The Hall–Kier alpha value is -3.13. The van der Waals surface area contributed by atoms with Gasteiger partial charge in [0, 0.05) is 68.5 Å². The molecule has 2 aromatic rings. The number of piperazine rings is 1. The van der Waals surface area contributed by atoms with E-state index in [4.69, 9.17) is 0 Å². The Labute approximate surface area is 182 Å². The molecule has 2 aromatic carbocycles. The van der Waals surface area contributed by atoms with Crippen molar-refractivity contribution in [2.45, 2.75) is 19.3 Å². The van der Waals surface area contributed by atoms with Crippen molar-refractivity contribution in [2.75, 3.05) is 60.9 Å². The molecule has 0 aliphatic carbocycles. The minimum Gasteiger partial charge on any atom is -0.372 e. The number of amides is 1. The molecule has 164 valence electrons. The topological polar surface area (TPSA) is 82.0 Å². The fraction of sp³-hybridized carbons (Fsp3) is 0.435. The van der Waals surface area contributed by atoms with Crippen molar-refractivity contribution in [1.29, 1.82) is 0 Å². The highest BCUT2D eigenvalue weighted by atomic mass is 16.6. The van der Waals surface area contributed by atoms with Crippen LogP contribution in [0, 0.1) is 10.1 Å². The summed E-state index contributed by atoms with van der Waals surface area (Å²) in [5.74, 6) is -0.0190. The third-order valence-corrected chi connectivity index (χ3v) is 6.02. The highest BCUT2D eigenvalue weighted by molar-refractivity contribution is 5.92. The van der Waals surface area contributed by atoms with E-state index < -0.39 is 0 Å². The zero-order valence-electron chi connectivity index (χ0n) is 17.7. The lowest BCUT2D eigenvalue weighted by atomic mass is 10.1. The number of nitrogens with one attached hydrogen (secondary N) is 1. The maximum atomic E-state index is 12.5. The summed E-state index contributed by atoms with van der Waals surface area (Å²) in [5, 5.41) is 14.0. The zero-order chi connectivity index (χ0) is 21.6. The van der Waals surface area contributed by atoms with Crippen LogP contribution in [0.3, 0.4) is 0 Å². The molecular formula is C23H29N5O3. The molecule has 2 aliphatic rings. The van der Waals surface area contributed by atoms with Gasteiger partial charge >= 0.3 is 0 Å². The monoisotopic (exact) mass is 423 g/mol. The summed E-state index contributed by atoms with van der Waals surface area (Å²) >= 11 is 0. The van der Waals surface area contributed by atoms with Crippen LogP contribution in [0.25, 0.3) is 0 Å². The van der Waals surface area contributed by atoms with Gasteiger partial charge < -0.3 is 15.1 Å². The molecule has 2 fully saturated rings. The van der Waals surface area contributed by atoms with Crippen LogP contribution in [0.4, 0.5) is 22.7 Å². The van der Waals surface area contributed by atoms with Gasteiger partial charge in [0.2, 0.25) is 5.91 Å². The zero-order valence-corrected chi connectivity index (χ0v) is 17.7. The SMILES string of the molecule is O=C(CN1CCN(c2cccc([N+](=O)[O-])c2)CC1)Nc1ccc(N2CCCCC2)cc1. The van der Waals surface area contributed by atoms with Gasteiger partial charge in [-0.2, -0.15) is 0 Å². The molecule has 8 nitrogen and oxygen atoms in total. The number of hydrogen-bond donors (Lipinski definition) is 1. The molecule has 0 aromatic heterocycles. The number of non-ortho nitro benzene ring substituents is 1. The molecular weight excluding hydrogens is 394 g/mol. The van der Waals surface area contributed by atoms with Crippen molar-refractivity contribution in [3.63, 3.8) is 0 Å². The van der Waals surface area contributed by atoms with Crippen molar-refractivity contribution in [3.8, 4) is 0 Å². The van der Waals surface area contributed by atoms with E-state index in [2.05, 4.69) is 32.1 Å². The molecule has 0 saturated carbocycles. The Morgan fingerprint density at radius 2 is 1.55 bits per heavy atom. The van der Waals surface area contributed by atoms with E-state index in [-0.39, 0.29) is 16.5 Å². The number of rotatable bonds is 6. The van der Waals surface area contributed by atoms with E-state index in [0.29, 0.717) is 6.54 Å². The molecule has 2 saturated heterocycles. The maximum absolute atomic E-state index is 12.5.